The lowest BCUT2D eigenvalue weighted by Gasteiger charge is -2.26. The molecular weight excluding hydrogens is 475 g/mol. The number of carbonyl (C=O) groups is 3. The normalized spacial score (nSPS) is 13.8. The predicted octanol–water partition coefficient (Wildman–Crippen LogP) is 3.34. The molecule has 1 N–H and O–H groups in total. The molecule has 0 aliphatic carbocycles. The van der Waals surface area contributed by atoms with Gasteiger partial charge in [0.25, 0.3) is 5.91 Å². The average molecular weight is 499 g/mol. The van der Waals surface area contributed by atoms with Gasteiger partial charge in [-0.15, -0.1) is 11.3 Å². The number of benzene rings is 1. The Labute approximate surface area is 200 Å². The maximum Gasteiger partial charge on any atom is 0.254 e. The monoisotopic (exact) mass is 498 g/mol. The summed E-state index contributed by atoms with van der Waals surface area (Å²) in [5.41, 5.74) is 0.938. The van der Waals surface area contributed by atoms with Gasteiger partial charge in [-0.1, -0.05) is 23.2 Å². The minimum absolute atomic E-state index is 0.0188. The molecule has 2 aromatic rings. The van der Waals surface area contributed by atoms with E-state index in [-0.39, 0.29) is 41.8 Å². The zero-order valence-electron chi connectivity index (χ0n) is 17.8. The van der Waals surface area contributed by atoms with E-state index in [1.54, 1.807) is 22.4 Å². The van der Waals surface area contributed by atoms with Crippen LogP contribution in [0.25, 0.3) is 0 Å². The fraction of sp³-hybridized carbons (Fsp3) is 0.429. The summed E-state index contributed by atoms with van der Waals surface area (Å²) in [6.07, 6.45) is 0.167. The van der Waals surface area contributed by atoms with Crippen molar-refractivity contribution in [1.29, 1.82) is 0 Å². The number of rotatable bonds is 7. The van der Waals surface area contributed by atoms with Crippen molar-refractivity contribution >= 4 is 57.4 Å². The van der Waals surface area contributed by atoms with E-state index in [4.69, 9.17) is 27.9 Å². The fourth-order valence-corrected chi connectivity index (χ4v) is 4.15. The van der Waals surface area contributed by atoms with Crippen molar-refractivity contribution in [3.63, 3.8) is 0 Å². The zero-order valence-corrected chi connectivity index (χ0v) is 20.1. The summed E-state index contributed by atoms with van der Waals surface area (Å²) in [6.45, 7) is 5.71. The minimum atomic E-state index is -0.382. The lowest BCUT2D eigenvalue weighted by Crippen LogP contribution is -2.42. The first-order valence-corrected chi connectivity index (χ1v) is 11.7. The van der Waals surface area contributed by atoms with E-state index in [9.17, 15) is 14.4 Å². The summed E-state index contributed by atoms with van der Waals surface area (Å²) in [5, 5.41) is 5.46. The predicted molar refractivity (Wildman–Crippen MR) is 124 cm³/mol. The largest absolute Gasteiger partial charge is 0.378 e. The van der Waals surface area contributed by atoms with Gasteiger partial charge in [0, 0.05) is 30.1 Å². The Morgan fingerprint density at radius 1 is 1.22 bits per heavy atom. The number of morpholine rings is 1. The third kappa shape index (κ3) is 6.41. The first-order valence-electron chi connectivity index (χ1n) is 10.1. The summed E-state index contributed by atoms with van der Waals surface area (Å²) in [7, 11) is 0. The highest BCUT2D eigenvalue weighted by molar-refractivity contribution is 7.13. The van der Waals surface area contributed by atoms with E-state index in [0.29, 0.717) is 47.7 Å². The van der Waals surface area contributed by atoms with Gasteiger partial charge < -0.3 is 19.9 Å². The Hall–Kier alpha value is -2.20. The van der Waals surface area contributed by atoms with Crippen molar-refractivity contribution < 1.29 is 19.1 Å². The molecule has 0 atom stereocenters. The summed E-state index contributed by atoms with van der Waals surface area (Å²) >= 11 is 13.2. The maximum atomic E-state index is 12.9. The molecule has 0 bridgehead atoms. The summed E-state index contributed by atoms with van der Waals surface area (Å²) in [6, 6.07) is 4.38. The maximum absolute atomic E-state index is 12.9. The molecular formula is C21H24Cl2N4O4S. The number of thiazole rings is 1. The second kappa shape index (κ2) is 11.1. The summed E-state index contributed by atoms with van der Waals surface area (Å²) < 4.78 is 5.26. The third-order valence-electron chi connectivity index (χ3n) is 4.86. The highest BCUT2D eigenvalue weighted by atomic mass is 35.5. The highest BCUT2D eigenvalue weighted by Crippen LogP contribution is 2.24. The molecule has 0 spiro atoms. The molecule has 8 nitrogen and oxygen atoms in total. The molecule has 1 saturated heterocycles. The highest BCUT2D eigenvalue weighted by Gasteiger charge is 2.23. The van der Waals surface area contributed by atoms with Gasteiger partial charge >= 0.3 is 0 Å². The number of aromatic nitrogens is 1. The van der Waals surface area contributed by atoms with Crippen LogP contribution in [-0.4, -0.2) is 71.4 Å². The van der Waals surface area contributed by atoms with Crippen LogP contribution in [0, 0.1) is 0 Å². The van der Waals surface area contributed by atoms with Crippen molar-refractivity contribution in [2.24, 2.45) is 0 Å². The molecule has 1 aromatic heterocycles. The van der Waals surface area contributed by atoms with E-state index in [1.807, 2.05) is 13.8 Å². The third-order valence-corrected chi connectivity index (χ3v) is 6.40. The lowest BCUT2D eigenvalue weighted by atomic mass is 10.1. The smallest absolute Gasteiger partial charge is 0.254 e. The summed E-state index contributed by atoms with van der Waals surface area (Å²) in [4.78, 5) is 45.4. The van der Waals surface area contributed by atoms with Crippen molar-refractivity contribution in [3.8, 4) is 0 Å². The van der Waals surface area contributed by atoms with Crippen LogP contribution in [0.15, 0.2) is 23.6 Å². The van der Waals surface area contributed by atoms with Crippen LogP contribution in [0.5, 0.6) is 0 Å². The van der Waals surface area contributed by atoms with Gasteiger partial charge in [0.1, 0.15) is 6.54 Å². The second-order valence-electron chi connectivity index (χ2n) is 7.52. The van der Waals surface area contributed by atoms with E-state index in [0.717, 1.165) is 0 Å². The molecule has 0 unspecified atom stereocenters. The number of anilines is 1. The minimum Gasteiger partial charge on any atom is -0.378 e. The van der Waals surface area contributed by atoms with Gasteiger partial charge in [-0.3, -0.25) is 14.4 Å². The molecule has 2 heterocycles. The van der Waals surface area contributed by atoms with Crippen molar-refractivity contribution in [2.45, 2.75) is 26.3 Å². The molecule has 0 saturated carbocycles. The number of hydrogen-bond acceptors (Lipinski definition) is 6. The number of ether oxygens (including phenoxy) is 1. The SMILES string of the molecule is CC(C)N(CC(=O)Nc1nc(CC(=O)N2CCOCC2)cs1)C(=O)c1ccc(Cl)c(Cl)c1. The van der Waals surface area contributed by atoms with E-state index in [2.05, 4.69) is 10.3 Å². The van der Waals surface area contributed by atoms with Crippen LogP contribution in [-0.2, 0) is 20.7 Å². The van der Waals surface area contributed by atoms with Gasteiger partial charge in [-0.05, 0) is 32.0 Å². The van der Waals surface area contributed by atoms with Gasteiger partial charge in [-0.25, -0.2) is 4.98 Å². The number of hydrogen-bond donors (Lipinski definition) is 1. The lowest BCUT2D eigenvalue weighted by molar-refractivity contribution is -0.134. The number of nitrogens with zero attached hydrogens (tertiary/aromatic N) is 3. The Morgan fingerprint density at radius 2 is 1.94 bits per heavy atom. The van der Waals surface area contributed by atoms with Gasteiger partial charge in [0.2, 0.25) is 11.8 Å². The number of amides is 3. The van der Waals surface area contributed by atoms with Gasteiger partial charge in [0.05, 0.1) is 35.4 Å². The Kier molecular flexibility index (Phi) is 8.47. The van der Waals surface area contributed by atoms with E-state index >= 15 is 0 Å². The zero-order chi connectivity index (χ0) is 23.3. The van der Waals surface area contributed by atoms with Gasteiger partial charge in [-0.2, -0.15) is 0 Å². The van der Waals surface area contributed by atoms with Crippen molar-refractivity contribution in [1.82, 2.24) is 14.8 Å². The first-order chi connectivity index (χ1) is 15.2. The Morgan fingerprint density at radius 3 is 2.59 bits per heavy atom. The standard InChI is InChI=1S/C21H24Cl2N4O4S/c1-13(2)27(20(30)14-3-4-16(22)17(23)9-14)11-18(28)25-21-24-15(12-32-21)10-19(29)26-5-7-31-8-6-26/h3-4,9,12-13H,5-8,10-11H2,1-2H3,(H,24,25,28). The van der Waals surface area contributed by atoms with Crippen LogP contribution in [0.2, 0.25) is 10.0 Å². The molecule has 1 aliphatic heterocycles. The Balaban J connectivity index is 1.59. The topological polar surface area (TPSA) is 91.8 Å². The second-order valence-corrected chi connectivity index (χ2v) is 9.19. The molecule has 172 valence electrons. The fourth-order valence-electron chi connectivity index (χ4n) is 3.12. The molecule has 1 aromatic carbocycles. The molecule has 1 fully saturated rings. The van der Waals surface area contributed by atoms with Crippen LogP contribution in [0.1, 0.15) is 29.9 Å². The number of halogens is 2. The van der Waals surface area contributed by atoms with Crippen LogP contribution in [0.3, 0.4) is 0 Å². The Bertz CT molecular complexity index is 992. The van der Waals surface area contributed by atoms with Crippen molar-refractivity contribution in [2.75, 3.05) is 38.2 Å². The molecule has 0 radical (unpaired) electrons. The first kappa shape index (κ1) is 24.4. The van der Waals surface area contributed by atoms with Crippen LogP contribution in [0.4, 0.5) is 5.13 Å². The molecule has 1 aliphatic rings. The molecule has 3 rings (SSSR count). The van der Waals surface area contributed by atoms with Gasteiger partial charge in [0.15, 0.2) is 5.13 Å². The van der Waals surface area contributed by atoms with Crippen LogP contribution < -0.4 is 5.32 Å². The number of carbonyl (C=O) groups excluding carboxylic acids is 3. The summed E-state index contributed by atoms with van der Waals surface area (Å²) in [5.74, 6) is -0.730. The quantitative estimate of drug-likeness (QED) is 0.631. The molecule has 11 heteroatoms. The van der Waals surface area contributed by atoms with Crippen LogP contribution >= 0.6 is 34.5 Å². The molecule has 3 amide bonds. The van der Waals surface area contributed by atoms with E-state index < -0.39 is 0 Å². The van der Waals surface area contributed by atoms with Crippen molar-refractivity contribution in [3.05, 3.63) is 44.9 Å². The number of nitrogens with one attached hydrogen (secondary N) is 1. The van der Waals surface area contributed by atoms with E-state index in [1.165, 1.54) is 22.3 Å². The molecule has 32 heavy (non-hydrogen) atoms. The average Bonchev–Trinajstić information content (AvgIpc) is 3.20.